The summed E-state index contributed by atoms with van der Waals surface area (Å²) in [7, 11) is -2.43. The SMILES string of the molecule is COc1ccc(Nc2cc(S(=O)(=O)C3COCCN3)nc3ccc(Cl)cc23)c(C(=O)O)c1. The maximum absolute atomic E-state index is 13.2. The average molecular weight is 478 g/mol. The van der Waals surface area contributed by atoms with Gasteiger partial charge in [0.05, 0.1) is 42.8 Å². The van der Waals surface area contributed by atoms with Gasteiger partial charge in [0.25, 0.3) is 0 Å². The third kappa shape index (κ3) is 4.35. The van der Waals surface area contributed by atoms with Crippen LogP contribution in [0.5, 0.6) is 5.75 Å². The van der Waals surface area contributed by atoms with Crippen LogP contribution in [0.25, 0.3) is 10.9 Å². The minimum absolute atomic E-state index is 0.00702. The number of halogens is 1. The molecule has 0 bridgehead atoms. The zero-order chi connectivity index (χ0) is 22.9. The third-order valence-corrected chi connectivity index (χ3v) is 7.11. The Bertz CT molecular complexity index is 1290. The molecule has 2 aromatic carbocycles. The minimum Gasteiger partial charge on any atom is -0.497 e. The van der Waals surface area contributed by atoms with Gasteiger partial charge in [0, 0.05) is 17.0 Å². The van der Waals surface area contributed by atoms with Crippen LogP contribution in [0.1, 0.15) is 10.4 Å². The van der Waals surface area contributed by atoms with E-state index in [2.05, 4.69) is 15.6 Å². The molecule has 9 nitrogen and oxygen atoms in total. The number of fused-ring (bicyclic) bond motifs is 1. The van der Waals surface area contributed by atoms with Crippen LogP contribution in [0.4, 0.5) is 11.4 Å². The number of methoxy groups -OCH3 is 1. The molecular weight excluding hydrogens is 458 g/mol. The summed E-state index contributed by atoms with van der Waals surface area (Å²) in [5, 5.41) is 15.5. The summed E-state index contributed by atoms with van der Waals surface area (Å²) in [5.74, 6) is -0.790. The number of morpholine rings is 1. The van der Waals surface area contributed by atoms with E-state index in [1.54, 1.807) is 30.3 Å². The number of anilines is 2. The lowest BCUT2D eigenvalue weighted by Crippen LogP contribution is -2.46. The van der Waals surface area contributed by atoms with Crippen molar-refractivity contribution in [3.05, 3.63) is 53.1 Å². The first-order valence-corrected chi connectivity index (χ1v) is 11.6. The predicted molar refractivity (Wildman–Crippen MR) is 120 cm³/mol. The zero-order valence-corrected chi connectivity index (χ0v) is 18.5. The largest absolute Gasteiger partial charge is 0.497 e. The van der Waals surface area contributed by atoms with Crippen LogP contribution in [-0.4, -0.2) is 56.7 Å². The van der Waals surface area contributed by atoms with Crippen molar-refractivity contribution in [2.24, 2.45) is 0 Å². The number of carboxylic acid groups (broad SMARTS) is 1. The normalized spacial score (nSPS) is 16.6. The Morgan fingerprint density at radius 2 is 2.06 bits per heavy atom. The van der Waals surface area contributed by atoms with Crippen molar-refractivity contribution in [2.45, 2.75) is 10.4 Å². The number of benzene rings is 2. The number of nitrogens with one attached hydrogen (secondary N) is 2. The molecule has 0 saturated carbocycles. The second-order valence-electron chi connectivity index (χ2n) is 7.07. The van der Waals surface area contributed by atoms with E-state index in [9.17, 15) is 18.3 Å². The fraction of sp³-hybridized carbons (Fsp3) is 0.238. The van der Waals surface area contributed by atoms with Gasteiger partial charge in [0.15, 0.2) is 5.03 Å². The van der Waals surface area contributed by atoms with E-state index in [-0.39, 0.29) is 22.9 Å². The first-order valence-electron chi connectivity index (χ1n) is 9.63. The number of hydrogen-bond donors (Lipinski definition) is 3. The first-order chi connectivity index (χ1) is 15.3. The summed E-state index contributed by atoms with van der Waals surface area (Å²) in [6.45, 7) is 0.844. The molecule has 168 valence electrons. The zero-order valence-electron chi connectivity index (χ0n) is 17.0. The van der Waals surface area contributed by atoms with Crippen molar-refractivity contribution >= 4 is 49.7 Å². The molecule has 1 aliphatic heterocycles. The molecule has 1 fully saturated rings. The molecule has 0 amide bonds. The van der Waals surface area contributed by atoms with Crippen molar-refractivity contribution in [2.75, 3.05) is 32.2 Å². The molecule has 0 spiro atoms. The van der Waals surface area contributed by atoms with E-state index in [0.717, 1.165) is 0 Å². The van der Waals surface area contributed by atoms with Crippen LogP contribution in [-0.2, 0) is 14.6 Å². The van der Waals surface area contributed by atoms with Crippen LogP contribution >= 0.6 is 11.6 Å². The Balaban J connectivity index is 1.85. The van der Waals surface area contributed by atoms with E-state index < -0.39 is 21.2 Å². The number of nitrogens with zero attached hydrogens (tertiary/aromatic N) is 1. The molecule has 3 N–H and O–H groups in total. The highest BCUT2D eigenvalue weighted by atomic mass is 35.5. The molecule has 1 saturated heterocycles. The average Bonchev–Trinajstić information content (AvgIpc) is 2.79. The molecular formula is C21H20ClN3O6S. The van der Waals surface area contributed by atoms with Gasteiger partial charge in [-0.2, -0.15) is 0 Å². The second-order valence-corrected chi connectivity index (χ2v) is 9.59. The van der Waals surface area contributed by atoms with E-state index in [1.807, 2.05) is 0 Å². The lowest BCUT2D eigenvalue weighted by atomic mass is 10.1. The number of carboxylic acids is 1. The van der Waals surface area contributed by atoms with Crippen LogP contribution in [0.2, 0.25) is 5.02 Å². The Morgan fingerprint density at radius 1 is 1.25 bits per heavy atom. The number of carbonyl (C=O) groups is 1. The lowest BCUT2D eigenvalue weighted by molar-refractivity contribution is 0.0697. The fourth-order valence-electron chi connectivity index (χ4n) is 3.39. The second kappa shape index (κ2) is 8.91. The quantitative estimate of drug-likeness (QED) is 0.490. The molecule has 2 heterocycles. The van der Waals surface area contributed by atoms with Crippen LogP contribution in [0, 0.1) is 0 Å². The monoisotopic (exact) mass is 477 g/mol. The number of pyridine rings is 1. The smallest absolute Gasteiger partial charge is 0.337 e. The molecule has 1 aliphatic rings. The Kier molecular flexibility index (Phi) is 6.20. The van der Waals surface area contributed by atoms with E-state index >= 15 is 0 Å². The van der Waals surface area contributed by atoms with Crippen LogP contribution in [0.15, 0.2) is 47.5 Å². The van der Waals surface area contributed by atoms with Crippen molar-refractivity contribution < 1.29 is 27.8 Å². The molecule has 32 heavy (non-hydrogen) atoms. The van der Waals surface area contributed by atoms with Crippen LogP contribution < -0.4 is 15.4 Å². The maximum Gasteiger partial charge on any atom is 0.337 e. The summed E-state index contributed by atoms with van der Waals surface area (Å²) < 4.78 is 36.8. The van der Waals surface area contributed by atoms with Gasteiger partial charge >= 0.3 is 5.97 Å². The van der Waals surface area contributed by atoms with E-state index in [4.69, 9.17) is 21.1 Å². The highest BCUT2D eigenvalue weighted by molar-refractivity contribution is 7.92. The van der Waals surface area contributed by atoms with Crippen molar-refractivity contribution in [3.8, 4) is 5.75 Å². The van der Waals surface area contributed by atoms with Gasteiger partial charge in [-0.25, -0.2) is 18.2 Å². The molecule has 1 unspecified atom stereocenters. The Labute approximate surface area is 189 Å². The molecule has 0 radical (unpaired) electrons. The molecule has 1 aromatic heterocycles. The Morgan fingerprint density at radius 3 is 2.75 bits per heavy atom. The fourth-order valence-corrected chi connectivity index (χ4v) is 4.97. The summed E-state index contributed by atoms with van der Waals surface area (Å²) in [5.41, 5.74) is 0.955. The molecule has 4 rings (SSSR count). The van der Waals surface area contributed by atoms with Crippen molar-refractivity contribution in [1.82, 2.24) is 10.3 Å². The summed E-state index contributed by atoms with van der Waals surface area (Å²) in [6, 6.07) is 10.8. The topological polar surface area (TPSA) is 127 Å². The van der Waals surface area contributed by atoms with Gasteiger partial charge < -0.3 is 19.9 Å². The number of ether oxygens (including phenoxy) is 2. The summed E-state index contributed by atoms with van der Waals surface area (Å²) >= 11 is 6.16. The number of rotatable bonds is 6. The van der Waals surface area contributed by atoms with E-state index in [0.29, 0.717) is 40.5 Å². The first kappa shape index (κ1) is 22.3. The Hall–Kier alpha value is -2.92. The number of hydrogen-bond acceptors (Lipinski definition) is 8. The van der Waals surface area contributed by atoms with E-state index in [1.165, 1.54) is 19.2 Å². The van der Waals surface area contributed by atoms with Crippen molar-refractivity contribution in [1.29, 1.82) is 0 Å². The third-order valence-electron chi connectivity index (χ3n) is 5.03. The van der Waals surface area contributed by atoms with Gasteiger partial charge in [-0.15, -0.1) is 0 Å². The number of sulfone groups is 1. The molecule has 3 aromatic rings. The molecule has 11 heteroatoms. The summed E-state index contributed by atoms with van der Waals surface area (Å²) in [4.78, 5) is 16.1. The van der Waals surface area contributed by atoms with Gasteiger partial charge in [0.2, 0.25) is 9.84 Å². The van der Waals surface area contributed by atoms with Gasteiger partial charge in [-0.1, -0.05) is 11.6 Å². The van der Waals surface area contributed by atoms with Gasteiger partial charge in [-0.05, 0) is 42.5 Å². The highest BCUT2D eigenvalue weighted by Crippen LogP contribution is 2.33. The van der Waals surface area contributed by atoms with Crippen LogP contribution in [0.3, 0.4) is 0 Å². The molecule has 1 atom stereocenters. The standard InChI is InChI=1S/C21H20ClN3O6S/c1-30-13-3-5-17(15(9-13)21(26)27)24-18-10-19(25-16-4-2-12(22)8-14(16)18)32(28,29)20-11-31-7-6-23-20/h2-5,8-10,20,23H,6-7,11H2,1H3,(H,24,25)(H,26,27). The lowest BCUT2D eigenvalue weighted by Gasteiger charge is -2.24. The van der Waals surface area contributed by atoms with Gasteiger partial charge in [-0.3, -0.25) is 5.32 Å². The molecule has 0 aliphatic carbocycles. The highest BCUT2D eigenvalue weighted by Gasteiger charge is 2.31. The minimum atomic E-state index is -3.87. The number of aromatic carboxylic acids is 1. The van der Waals surface area contributed by atoms with Crippen molar-refractivity contribution in [3.63, 3.8) is 0 Å². The van der Waals surface area contributed by atoms with Gasteiger partial charge in [0.1, 0.15) is 11.1 Å². The predicted octanol–water partition coefficient (Wildman–Crippen LogP) is 3.06. The number of aromatic nitrogens is 1. The maximum atomic E-state index is 13.2. The summed E-state index contributed by atoms with van der Waals surface area (Å²) in [6.07, 6.45) is 0.